The summed E-state index contributed by atoms with van der Waals surface area (Å²) in [6, 6.07) is 11.3. The van der Waals surface area contributed by atoms with Crippen LogP contribution in [-0.4, -0.2) is 64.6 Å². The highest BCUT2D eigenvalue weighted by Gasteiger charge is 2.23. The summed E-state index contributed by atoms with van der Waals surface area (Å²) in [5, 5.41) is 4.08. The molecule has 0 aliphatic carbocycles. The molecule has 0 bridgehead atoms. The number of amides is 2. The zero-order valence-corrected chi connectivity index (χ0v) is 15.4. The number of carbonyl (C=O) groups excluding carboxylic acids is 2. The molecule has 7 nitrogen and oxygen atoms in total. The largest absolute Gasteiger partial charge is 0.340 e. The van der Waals surface area contributed by atoms with Gasteiger partial charge < -0.3 is 15.5 Å². The monoisotopic (exact) mass is 357 g/mol. The number of likely N-dealkylation sites (N-methyl/N-ethyl adjacent to an activating group) is 1. The maximum absolute atomic E-state index is 12.6. The van der Waals surface area contributed by atoms with Crippen molar-refractivity contribution < 1.29 is 9.59 Å². The highest BCUT2D eigenvalue weighted by atomic mass is 16.2. The number of carbonyl (C=O) groups is 2. The molecule has 26 heavy (non-hydrogen) atoms. The molecule has 140 valence electrons. The minimum atomic E-state index is -0.449. The Hall–Kier alpha value is -2.67. The van der Waals surface area contributed by atoms with Crippen molar-refractivity contribution in [3.8, 4) is 0 Å². The SMILES string of the molecule is CC(C(=O)N(C)CC(=O)N(CCN)CCc1ccccc1)n1cccn1. The summed E-state index contributed by atoms with van der Waals surface area (Å²) in [4.78, 5) is 28.3. The van der Waals surface area contributed by atoms with Gasteiger partial charge in [-0.3, -0.25) is 14.3 Å². The maximum Gasteiger partial charge on any atom is 0.247 e. The van der Waals surface area contributed by atoms with E-state index in [0.29, 0.717) is 19.6 Å². The first-order valence-corrected chi connectivity index (χ1v) is 8.78. The van der Waals surface area contributed by atoms with Crippen molar-refractivity contribution in [2.45, 2.75) is 19.4 Å². The van der Waals surface area contributed by atoms with E-state index in [-0.39, 0.29) is 18.4 Å². The zero-order valence-electron chi connectivity index (χ0n) is 15.4. The summed E-state index contributed by atoms with van der Waals surface area (Å²) < 4.78 is 1.58. The molecule has 7 heteroatoms. The molecule has 1 atom stereocenters. The summed E-state index contributed by atoms with van der Waals surface area (Å²) in [6.45, 7) is 3.24. The van der Waals surface area contributed by atoms with E-state index < -0.39 is 6.04 Å². The fourth-order valence-corrected chi connectivity index (χ4v) is 2.75. The first-order chi connectivity index (χ1) is 12.5. The van der Waals surface area contributed by atoms with E-state index >= 15 is 0 Å². The Morgan fingerprint density at radius 2 is 1.92 bits per heavy atom. The van der Waals surface area contributed by atoms with Crippen molar-refractivity contribution in [3.63, 3.8) is 0 Å². The third kappa shape index (κ3) is 5.42. The number of aromatic nitrogens is 2. The van der Waals surface area contributed by atoms with Gasteiger partial charge in [0, 0.05) is 39.1 Å². The quantitative estimate of drug-likeness (QED) is 0.724. The Balaban J connectivity index is 1.92. The predicted molar refractivity (Wildman–Crippen MR) is 100 cm³/mol. The summed E-state index contributed by atoms with van der Waals surface area (Å²) in [5.74, 6) is -0.257. The summed E-state index contributed by atoms with van der Waals surface area (Å²) >= 11 is 0. The molecule has 0 saturated carbocycles. The van der Waals surface area contributed by atoms with E-state index in [4.69, 9.17) is 5.73 Å². The van der Waals surface area contributed by atoms with E-state index in [2.05, 4.69) is 5.10 Å². The Labute approximate surface area is 154 Å². The Kier molecular flexibility index (Phi) is 7.35. The first kappa shape index (κ1) is 19.7. The number of rotatable bonds is 9. The molecule has 1 aromatic heterocycles. The lowest BCUT2D eigenvalue weighted by atomic mass is 10.1. The van der Waals surface area contributed by atoms with Gasteiger partial charge in [0.1, 0.15) is 6.04 Å². The Morgan fingerprint density at radius 1 is 1.19 bits per heavy atom. The normalized spacial score (nSPS) is 11.8. The average molecular weight is 357 g/mol. The van der Waals surface area contributed by atoms with Gasteiger partial charge in [-0.1, -0.05) is 30.3 Å². The van der Waals surface area contributed by atoms with Crippen molar-refractivity contribution in [2.24, 2.45) is 5.73 Å². The van der Waals surface area contributed by atoms with E-state index in [9.17, 15) is 9.59 Å². The van der Waals surface area contributed by atoms with Gasteiger partial charge in [0.2, 0.25) is 11.8 Å². The van der Waals surface area contributed by atoms with Crippen LogP contribution in [0, 0.1) is 0 Å². The van der Waals surface area contributed by atoms with Crippen LogP contribution in [0.1, 0.15) is 18.5 Å². The van der Waals surface area contributed by atoms with Crippen molar-refractivity contribution in [1.29, 1.82) is 0 Å². The fraction of sp³-hybridized carbons (Fsp3) is 0.421. The van der Waals surface area contributed by atoms with Crippen LogP contribution < -0.4 is 5.73 Å². The molecule has 0 spiro atoms. The van der Waals surface area contributed by atoms with Gasteiger partial charge >= 0.3 is 0 Å². The van der Waals surface area contributed by atoms with Gasteiger partial charge in [0.25, 0.3) is 0 Å². The van der Waals surface area contributed by atoms with Crippen LogP contribution in [0.2, 0.25) is 0 Å². The molecule has 1 heterocycles. The minimum absolute atomic E-state index is 0.0270. The van der Waals surface area contributed by atoms with E-state index in [0.717, 1.165) is 6.42 Å². The summed E-state index contributed by atoms with van der Waals surface area (Å²) in [5.41, 5.74) is 6.82. The smallest absolute Gasteiger partial charge is 0.247 e. The van der Waals surface area contributed by atoms with Crippen LogP contribution in [0.3, 0.4) is 0 Å². The lowest BCUT2D eigenvalue weighted by Gasteiger charge is -2.26. The number of hydrogen-bond donors (Lipinski definition) is 1. The van der Waals surface area contributed by atoms with Gasteiger partial charge in [-0.2, -0.15) is 5.10 Å². The third-order valence-corrected chi connectivity index (χ3v) is 4.29. The highest BCUT2D eigenvalue weighted by molar-refractivity contribution is 5.86. The minimum Gasteiger partial charge on any atom is -0.340 e. The molecule has 0 fully saturated rings. The molecule has 2 N–H and O–H groups in total. The van der Waals surface area contributed by atoms with Crippen LogP contribution in [-0.2, 0) is 16.0 Å². The van der Waals surface area contributed by atoms with Crippen LogP contribution in [0.4, 0.5) is 0 Å². The molecule has 1 unspecified atom stereocenters. The predicted octanol–water partition coefficient (Wildman–Crippen LogP) is 0.933. The van der Waals surface area contributed by atoms with Crippen molar-refractivity contribution >= 4 is 11.8 Å². The molecule has 0 aliphatic heterocycles. The molecule has 0 aliphatic rings. The Morgan fingerprint density at radius 3 is 2.54 bits per heavy atom. The highest BCUT2D eigenvalue weighted by Crippen LogP contribution is 2.08. The van der Waals surface area contributed by atoms with Crippen LogP contribution in [0.5, 0.6) is 0 Å². The third-order valence-electron chi connectivity index (χ3n) is 4.29. The maximum atomic E-state index is 12.6. The number of hydrogen-bond acceptors (Lipinski definition) is 4. The molecule has 2 amide bonds. The topological polar surface area (TPSA) is 84.5 Å². The number of benzene rings is 1. The number of nitrogens with zero attached hydrogens (tertiary/aromatic N) is 4. The molecular weight excluding hydrogens is 330 g/mol. The van der Waals surface area contributed by atoms with Crippen molar-refractivity contribution in [1.82, 2.24) is 19.6 Å². The van der Waals surface area contributed by atoms with Crippen molar-refractivity contribution in [3.05, 3.63) is 54.4 Å². The summed E-state index contributed by atoms with van der Waals surface area (Å²) in [7, 11) is 1.64. The molecular formula is C19H27N5O2. The molecule has 2 rings (SSSR count). The first-order valence-electron chi connectivity index (χ1n) is 8.78. The Bertz CT molecular complexity index is 687. The molecule has 0 saturated heterocycles. The van der Waals surface area contributed by atoms with Crippen LogP contribution in [0.25, 0.3) is 0 Å². The molecule has 2 aromatic rings. The van der Waals surface area contributed by atoms with E-state index in [1.165, 1.54) is 10.5 Å². The van der Waals surface area contributed by atoms with Gasteiger partial charge in [0.05, 0.1) is 6.54 Å². The fourth-order valence-electron chi connectivity index (χ4n) is 2.75. The second-order valence-electron chi connectivity index (χ2n) is 6.26. The van der Waals surface area contributed by atoms with E-state index in [1.807, 2.05) is 30.3 Å². The van der Waals surface area contributed by atoms with Crippen LogP contribution >= 0.6 is 0 Å². The lowest BCUT2D eigenvalue weighted by molar-refractivity contribution is -0.141. The van der Waals surface area contributed by atoms with E-state index in [1.54, 1.807) is 42.0 Å². The molecule has 1 aromatic carbocycles. The lowest BCUT2D eigenvalue weighted by Crippen LogP contribution is -2.45. The summed E-state index contributed by atoms with van der Waals surface area (Å²) in [6.07, 6.45) is 4.12. The van der Waals surface area contributed by atoms with Gasteiger partial charge in [-0.05, 0) is 25.0 Å². The second kappa shape index (κ2) is 9.72. The van der Waals surface area contributed by atoms with Gasteiger partial charge in [0.15, 0.2) is 0 Å². The standard InChI is InChI=1S/C19H27N5O2/c1-16(24-12-6-11-21-24)19(26)22(2)15-18(25)23(14-10-20)13-9-17-7-4-3-5-8-17/h3-8,11-12,16H,9-10,13-15,20H2,1-2H3. The number of nitrogens with two attached hydrogens (primary N) is 1. The second-order valence-corrected chi connectivity index (χ2v) is 6.26. The average Bonchev–Trinajstić information content (AvgIpc) is 3.19. The van der Waals surface area contributed by atoms with Crippen LogP contribution in [0.15, 0.2) is 48.8 Å². The molecule has 0 radical (unpaired) electrons. The zero-order chi connectivity index (χ0) is 18.9. The van der Waals surface area contributed by atoms with Gasteiger partial charge in [-0.25, -0.2) is 0 Å². The van der Waals surface area contributed by atoms with Gasteiger partial charge in [-0.15, -0.1) is 0 Å². The van der Waals surface area contributed by atoms with Crippen molar-refractivity contribution in [2.75, 3.05) is 33.2 Å².